The second-order valence-electron chi connectivity index (χ2n) is 5.81. The van der Waals surface area contributed by atoms with Crippen LogP contribution in [0, 0.1) is 11.3 Å². The van der Waals surface area contributed by atoms with Crippen LogP contribution >= 0.6 is 11.8 Å². The predicted molar refractivity (Wildman–Crippen MR) is 67.5 cm³/mol. The highest BCUT2D eigenvalue weighted by molar-refractivity contribution is 7.99. The first-order valence-electron chi connectivity index (χ1n) is 6.60. The summed E-state index contributed by atoms with van der Waals surface area (Å²) in [6.45, 7) is 2.16. The average molecular weight is 239 g/mol. The molecular formula is C13H21NOS. The fourth-order valence-electron chi connectivity index (χ4n) is 4.21. The van der Waals surface area contributed by atoms with E-state index in [4.69, 9.17) is 0 Å². The molecular weight excluding hydrogens is 218 g/mol. The molecule has 2 aliphatic heterocycles. The van der Waals surface area contributed by atoms with Gasteiger partial charge in [0.05, 0.1) is 0 Å². The van der Waals surface area contributed by atoms with Gasteiger partial charge in [-0.3, -0.25) is 4.79 Å². The van der Waals surface area contributed by atoms with Gasteiger partial charge in [0.1, 0.15) is 0 Å². The van der Waals surface area contributed by atoms with Crippen LogP contribution in [0.3, 0.4) is 0 Å². The van der Waals surface area contributed by atoms with Crippen LogP contribution in [0.1, 0.15) is 45.4 Å². The average Bonchev–Trinajstić information content (AvgIpc) is 2.85. The van der Waals surface area contributed by atoms with Crippen molar-refractivity contribution in [3.8, 4) is 0 Å². The molecule has 0 aromatic rings. The number of carbonyl (C=O) groups excluding carboxylic acids is 1. The molecule has 3 aliphatic rings. The summed E-state index contributed by atoms with van der Waals surface area (Å²) in [4.78, 5) is 12.1. The van der Waals surface area contributed by atoms with Gasteiger partial charge in [0.15, 0.2) is 0 Å². The predicted octanol–water partition coefficient (Wildman–Crippen LogP) is 2.58. The van der Waals surface area contributed by atoms with Crippen molar-refractivity contribution in [1.82, 2.24) is 5.32 Å². The Balaban J connectivity index is 1.99. The van der Waals surface area contributed by atoms with Gasteiger partial charge < -0.3 is 5.32 Å². The summed E-state index contributed by atoms with van der Waals surface area (Å²) in [5, 5.41) is 3.40. The second kappa shape index (κ2) is 3.66. The molecule has 1 aliphatic carbocycles. The van der Waals surface area contributed by atoms with Gasteiger partial charge in [-0.2, -0.15) is 11.8 Å². The smallest absolute Gasteiger partial charge is 0.223 e. The van der Waals surface area contributed by atoms with Crippen LogP contribution in [0.25, 0.3) is 0 Å². The largest absolute Gasteiger partial charge is 0.350 e. The topological polar surface area (TPSA) is 29.1 Å². The van der Waals surface area contributed by atoms with E-state index in [1.807, 2.05) is 0 Å². The Morgan fingerprint density at radius 1 is 1.25 bits per heavy atom. The summed E-state index contributed by atoms with van der Waals surface area (Å²) in [7, 11) is 0. The van der Waals surface area contributed by atoms with Crippen molar-refractivity contribution in [2.75, 3.05) is 11.5 Å². The number of thioether (sulfide) groups is 1. The van der Waals surface area contributed by atoms with Crippen LogP contribution in [-0.4, -0.2) is 23.0 Å². The highest BCUT2D eigenvalue weighted by Gasteiger charge is 2.62. The molecule has 3 rings (SSSR count). The summed E-state index contributed by atoms with van der Waals surface area (Å²) in [6, 6.07) is 0. The van der Waals surface area contributed by atoms with E-state index >= 15 is 0 Å². The number of fused-ring (bicyclic) bond motifs is 1. The first kappa shape index (κ1) is 10.9. The zero-order valence-electron chi connectivity index (χ0n) is 10.1. The summed E-state index contributed by atoms with van der Waals surface area (Å²) >= 11 is 2.05. The normalized spacial score (nSPS) is 41.8. The molecule has 1 N–H and O–H groups in total. The lowest BCUT2D eigenvalue weighted by atomic mass is 9.60. The lowest BCUT2D eigenvalue weighted by Gasteiger charge is -2.46. The number of amides is 1. The maximum absolute atomic E-state index is 12.1. The third kappa shape index (κ3) is 1.24. The van der Waals surface area contributed by atoms with E-state index in [1.165, 1.54) is 50.0 Å². The van der Waals surface area contributed by atoms with Crippen LogP contribution in [0.5, 0.6) is 0 Å². The highest BCUT2D eigenvalue weighted by atomic mass is 32.2. The Kier molecular flexibility index (Phi) is 2.50. The fourth-order valence-corrected chi connectivity index (χ4v) is 5.90. The van der Waals surface area contributed by atoms with Crippen LogP contribution in [0.2, 0.25) is 0 Å². The molecule has 0 bridgehead atoms. The number of hydrogen-bond donors (Lipinski definition) is 1. The maximum atomic E-state index is 12.1. The minimum atomic E-state index is 0.172. The number of nitrogens with one attached hydrogen (secondary N) is 1. The van der Waals surface area contributed by atoms with Gasteiger partial charge in [-0.05, 0) is 25.0 Å². The Labute approximate surface area is 102 Å². The lowest BCUT2D eigenvalue weighted by Crippen LogP contribution is -2.54. The zero-order chi connectivity index (χ0) is 11.2. The van der Waals surface area contributed by atoms with Crippen LogP contribution in [-0.2, 0) is 4.79 Å². The van der Waals surface area contributed by atoms with Crippen LogP contribution in [0.4, 0.5) is 0 Å². The number of rotatable bonds is 0. The minimum absolute atomic E-state index is 0.172. The molecule has 2 atom stereocenters. The molecule has 0 radical (unpaired) electrons. The van der Waals surface area contributed by atoms with E-state index in [0.29, 0.717) is 5.91 Å². The summed E-state index contributed by atoms with van der Waals surface area (Å²) < 4.78 is 0. The Bertz CT molecular complexity index is 303. The number of hydrogen-bond acceptors (Lipinski definition) is 2. The van der Waals surface area contributed by atoms with E-state index < -0.39 is 0 Å². The van der Waals surface area contributed by atoms with Crippen molar-refractivity contribution < 1.29 is 4.79 Å². The van der Waals surface area contributed by atoms with Crippen molar-refractivity contribution >= 4 is 17.7 Å². The Hall–Kier alpha value is -0.180. The summed E-state index contributed by atoms with van der Waals surface area (Å²) in [5.74, 6) is 3.01. The van der Waals surface area contributed by atoms with Crippen molar-refractivity contribution in [1.29, 1.82) is 0 Å². The first-order chi connectivity index (χ1) is 7.70. The third-order valence-electron chi connectivity index (χ3n) is 5.30. The molecule has 3 heteroatoms. The monoisotopic (exact) mass is 239 g/mol. The summed E-state index contributed by atoms with van der Waals surface area (Å²) in [5.41, 5.74) is 0.459. The van der Waals surface area contributed by atoms with Crippen molar-refractivity contribution in [3.05, 3.63) is 0 Å². The van der Waals surface area contributed by atoms with E-state index in [9.17, 15) is 4.79 Å². The molecule has 2 heterocycles. The zero-order valence-corrected chi connectivity index (χ0v) is 10.9. The fraction of sp³-hybridized carbons (Fsp3) is 0.923. The first-order valence-corrected chi connectivity index (χ1v) is 7.76. The van der Waals surface area contributed by atoms with Gasteiger partial charge in [0.2, 0.25) is 5.91 Å². The van der Waals surface area contributed by atoms with Crippen LogP contribution < -0.4 is 5.32 Å². The SMILES string of the molecule is CC1C(=O)NC2(CCCCC2)C12CCSC2. The van der Waals surface area contributed by atoms with Gasteiger partial charge in [-0.25, -0.2) is 0 Å². The molecule has 0 aromatic carbocycles. The van der Waals surface area contributed by atoms with Gasteiger partial charge in [0, 0.05) is 22.6 Å². The molecule has 3 fully saturated rings. The quantitative estimate of drug-likeness (QED) is 0.704. The van der Waals surface area contributed by atoms with E-state index in [2.05, 4.69) is 24.0 Å². The molecule has 16 heavy (non-hydrogen) atoms. The third-order valence-corrected chi connectivity index (χ3v) is 6.51. The van der Waals surface area contributed by atoms with E-state index in [1.54, 1.807) is 0 Å². The lowest BCUT2D eigenvalue weighted by molar-refractivity contribution is -0.123. The van der Waals surface area contributed by atoms with Crippen molar-refractivity contribution in [2.24, 2.45) is 11.3 Å². The maximum Gasteiger partial charge on any atom is 0.223 e. The molecule has 2 spiro atoms. The van der Waals surface area contributed by atoms with Gasteiger partial charge in [-0.15, -0.1) is 0 Å². The molecule has 2 saturated heterocycles. The highest BCUT2D eigenvalue weighted by Crippen LogP contribution is 2.58. The summed E-state index contributed by atoms with van der Waals surface area (Å²) in [6.07, 6.45) is 7.67. The molecule has 90 valence electrons. The van der Waals surface area contributed by atoms with Gasteiger partial charge in [-0.1, -0.05) is 26.2 Å². The van der Waals surface area contributed by atoms with Crippen LogP contribution in [0.15, 0.2) is 0 Å². The van der Waals surface area contributed by atoms with Crippen molar-refractivity contribution in [3.63, 3.8) is 0 Å². The molecule has 2 unspecified atom stereocenters. The minimum Gasteiger partial charge on any atom is -0.350 e. The van der Waals surface area contributed by atoms with Gasteiger partial charge in [0.25, 0.3) is 0 Å². The molecule has 1 amide bonds. The Morgan fingerprint density at radius 3 is 2.62 bits per heavy atom. The Morgan fingerprint density at radius 2 is 2.00 bits per heavy atom. The van der Waals surface area contributed by atoms with E-state index in [0.717, 1.165) is 0 Å². The molecule has 1 saturated carbocycles. The van der Waals surface area contributed by atoms with Gasteiger partial charge >= 0.3 is 0 Å². The second-order valence-corrected chi connectivity index (χ2v) is 6.92. The number of carbonyl (C=O) groups is 1. The van der Waals surface area contributed by atoms with E-state index in [-0.39, 0.29) is 16.9 Å². The molecule has 0 aromatic heterocycles. The molecule has 2 nitrogen and oxygen atoms in total. The van der Waals surface area contributed by atoms with Crippen molar-refractivity contribution in [2.45, 2.75) is 51.0 Å². The standard InChI is InChI=1S/C13H21NOS/c1-10-11(15)14-13(5-3-2-4-6-13)12(10)7-8-16-9-12/h10H,2-9H2,1H3,(H,14,15).